The maximum Gasteiger partial charge on any atom is 0.251 e. The number of carbonyl (C=O) groups is 3. The van der Waals surface area contributed by atoms with Gasteiger partial charge in [-0.2, -0.15) is 0 Å². The van der Waals surface area contributed by atoms with Gasteiger partial charge in [-0.05, 0) is 31.5 Å². The summed E-state index contributed by atoms with van der Waals surface area (Å²) in [4.78, 5) is 47.4. The summed E-state index contributed by atoms with van der Waals surface area (Å²) in [6.07, 6.45) is 3.55. The lowest BCUT2D eigenvalue weighted by Crippen LogP contribution is -2.66. The number of nitrogens with zero attached hydrogens (tertiary/aromatic N) is 3. The molecule has 2 atom stereocenters. The van der Waals surface area contributed by atoms with E-state index in [2.05, 4.69) is 10.3 Å². The van der Waals surface area contributed by atoms with Crippen LogP contribution in [-0.2, 0) is 36.9 Å². The number of ether oxygens (including phenoxy) is 2. The fourth-order valence-corrected chi connectivity index (χ4v) is 4.86. The van der Waals surface area contributed by atoms with Gasteiger partial charge in [-0.15, -0.1) is 12.4 Å². The number of piperazine rings is 1. The van der Waals surface area contributed by atoms with E-state index in [0.717, 1.165) is 11.3 Å². The summed E-state index contributed by atoms with van der Waals surface area (Å²) in [6, 6.07) is 14.2. The smallest absolute Gasteiger partial charge is 0.251 e. The van der Waals surface area contributed by atoms with Crippen LogP contribution in [0, 0.1) is 0 Å². The standard InChI is InChI=1S/C28H35N5O5.ClH/c1-27(2,29)26(36)31-22(18-38-17-20-9-5-4-6-10-20)25(35)32-13-14-33-24(34)15-23(37-3)28(33,19-32)16-21-11-7-8-12-30-21;/h4-12,15,22H,13-14,16-19,29H2,1-3H3,(H,31,36);1H/t22-,28?;/m1./s1. The van der Waals surface area contributed by atoms with Crippen LogP contribution in [0.3, 0.4) is 0 Å². The van der Waals surface area contributed by atoms with Crippen LogP contribution in [0.4, 0.5) is 0 Å². The summed E-state index contributed by atoms with van der Waals surface area (Å²) in [6.45, 7) is 4.21. The normalized spacial score (nSPS) is 19.5. The molecule has 11 heteroatoms. The predicted octanol–water partition coefficient (Wildman–Crippen LogP) is 1.44. The molecule has 4 rings (SSSR count). The molecule has 39 heavy (non-hydrogen) atoms. The number of rotatable bonds is 10. The average Bonchev–Trinajstić information content (AvgIpc) is 3.18. The van der Waals surface area contributed by atoms with Crippen LogP contribution in [0.1, 0.15) is 25.1 Å². The zero-order valence-corrected chi connectivity index (χ0v) is 23.3. The summed E-state index contributed by atoms with van der Waals surface area (Å²) in [5, 5.41) is 2.78. The van der Waals surface area contributed by atoms with Gasteiger partial charge in [0.05, 0.1) is 32.4 Å². The Hall–Kier alpha value is -3.47. The number of fused-ring (bicyclic) bond motifs is 1. The van der Waals surface area contributed by atoms with Gasteiger partial charge < -0.3 is 30.3 Å². The van der Waals surface area contributed by atoms with Crippen molar-refractivity contribution in [3.8, 4) is 0 Å². The maximum absolute atomic E-state index is 13.9. The van der Waals surface area contributed by atoms with Gasteiger partial charge in [0, 0.05) is 37.5 Å². The van der Waals surface area contributed by atoms with Crippen molar-refractivity contribution in [3.05, 3.63) is 77.8 Å². The molecule has 1 aromatic heterocycles. The highest BCUT2D eigenvalue weighted by atomic mass is 35.5. The Bertz CT molecular complexity index is 1190. The fraction of sp³-hybridized carbons (Fsp3) is 0.429. The number of nitrogens with one attached hydrogen (secondary N) is 1. The number of carbonyl (C=O) groups excluding carboxylic acids is 3. The Morgan fingerprint density at radius 3 is 2.51 bits per heavy atom. The van der Waals surface area contributed by atoms with Crippen molar-refractivity contribution in [1.82, 2.24) is 20.1 Å². The highest BCUT2D eigenvalue weighted by Crippen LogP contribution is 2.38. The Balaban J connectivity index is 0.00000420. The van der Waals surface area contributed by atoms with Gasteiger partial charge in [-0.3, -0.25) is 19.4 Å². The van der Waals surface area contributed by atoms with Crippen LogP contribution in [0.2, 0.25) is 0 Å². The van der Waals surface area contributed by atoms with Gasteiger partial charge in [0.1, 0.15) is 17.3 Å². The first-order chi connectivity index (χ1) is 18.1. The fourth-order valence-electron chi connectivity index (χ4n) is 4.86. The van der Waals surface area contributed by atoms with E-state index in [1.807, 2.05) is 48.5 Å². The second-order valence-corrected chi connectivity index (χ2v) is 10.2. The van der Waals surface area contributed by atoms with Crippen molar-refractivity contribution in [2.75, 3.05) is 33.4 Å². The Morgan fingerprint density at radius 2 is 1.87 bits per heavy atom. The SMILES string of the molecule is COC1=CC(=O)N2CCN(C(=O)[C@@H](COCc3ccccc3)NC(=O)C(C)(C)N)CC12Cc1ccccn1.Cl. The molecule has 3 amide bonds. The predicted molar refractivity (Wildman–Crippen MR) is 148 cm³/mol. The molecule has 0 radical (unpaired) electrons. The molecule has 10 nitrogen and oxygen atoms in total. The zero-order chi connectivity index (χ0) is 27.3. The molecule has 0 saturated carbocycles. The van der Waals surface area contributed by atoms with Crippen LogP contribution < -0.4 is 11.1 Å². The quantitative estimate of drug-likeness (QED) is 0.452. The van der Waals surface area contributed by atoms with Gasteiger partial charge in [0.25, 0.3) is 5.91 Å². The molecule has 2 aliphatic rings. The second kappa shape index (κ2) is 12.6. The van der Waals surface area contributed by atoms with Crippen molar-refractivity contribution in [2.45, 2.75) is 44.0 Å². The number of aromatic nitrogens is 1. The molecule has 3 N–H and O–H groups in total. The van der Waals surface area contributed by atoms with Crippen molar-refractivity contribution in [1.29, 1.82) is 0 Å². The van der Waals surface area contributed by atoms with Gasteiger partial charge in [-0.1, -0.05) is 36.4 Å². The zero-order valence-electron chi connectivity index (χ0n) is 22.5. The van der Waals surface area contributed by atoms with Crippen LogP contribution in [0.5, 0.6) is 0 Å². The molecule has 0 aliphatic carbocycles. The van der Waals surface area contributed by atoms with Crippen molar-refractivity contribution >= 4 is 30.1 Å². The van der Waals surface area contributed by atoms with E-state index in [4.69, 9.17) is 15.2 Å². The average molecular weight is 558 g/mol. The Kier molecular flexibility index (Phi) is 9.71. The summed E-state index contributed by atoms with van der Waals surface area (Å²) in [5.74, 6) is -0.458. The van der Waals surface area contributed by atoms with Gasteiger partial charge in [0.2, 0.25) is 11.8 Å². The van der Waals surface area contributed by atoms with Crippen LogP contribution in [0.15, 0.2) is 66.6 Å². The minimum atomic E-state index is -1.18. The monoisotopic (exact) mass is 557 g/mol. The summed E-state index contributed by atoms with van der Waals surface area (Å²) < 4.78 is 11.5. The van der Waals surface area contributed by atoms with Crippen LogP contribution in [-0.4, -0.2) is 83.0 Å². The number of halogens is 1. The molecule has 1 aromatic carbocycles. The number of methoxy groups -OCH3 is 1. The minimum absolute atomic E-state index is 0. The molecular weight excluding hydrogens is 522 g/mol. The van der Waals surface area contributed by atoms with Gasteiger partial charge >= 0.3 is 0 Å². The van der Waals surface area contributed by atoms with E-state index in [9.17, 15) is 14.4 Å². The second-order valence-electron chi connectivity index (χ2n) is 10.2. The van der Waals surface area contributed by atoms with E-state index < -0.39 is 23.0 Å². The lowest BCUT2D eigenvalue weighted by atomic mass is 9.87. The molecule has 0 bridgehead atoms. The van der Waals surface area contributed by atoms with E-state index >= 15 is 0 Å². The number of amides is 3. The van der Waals surface area contributed by atoms with Crippen molar-refractivity contribution in [3.63, 3.8) is 0 Å². The summed E-state index contributed by atoms with van der Waals surface area (Å²) in [7, 11) is 1.52. The Morgan fingerprint density at radius 1 is 1.15 bits per heavy atom. The highest BCUT2D eigenvalue weighted by Gasteiger charge is 2.53. The van der Waals surface area contributed by atoms with Gasteiger partial charge in [-0.25, -0.2) is 0 Å². The van der Waals surface area contributed by atoms with Crippen LogP contribution in [0.25, 0.3) is 0 Å². The molecule has 3 heterocycles. The molecule has 1 unspecified atom stereocenters. The van der Waals surface area contributed by atoms with E-state index in [-0.39, 0.29) is 44.0 Å². The van der Waals surface area contributed by atoms with Crippen molar-refractivity contribution < 1.29 is 23.9 Å². The number of hydrogen-bond donors (Lipinski definition) is 2. The molecule has 210 valence electrons. The number of nitrogens with two attached hydrogens (primary N) is 1. The number of benzene rings is 1. The topological polar surface area (TPSA) is 127 Å². The van der Waals surface area contributed by atoms with Gasteiger partial charge in [0.15, 0.2) is 0 Å². The minimum Gasteiger partial charge on any atom is -0.498 e. The van der Waals surface area contributed by atoms with Crippen molar-refractivity contribution in [2.24, 2.45) is 5.73 Å². The highest BCUT2D eigenvalue weighted by molar-refractivity contribution is 5.94. The largest absolute Gasteiger partial charge is 0.498 e. The first kappa shape index (κ1) is 30.1. The lowest BCUT2D eigenvalue weighted by molar-refractivity contribution is -0.147. The van der Waals surface area contributed by atoms with E-state index in [0.29, 0.717) is 25.3 Å². The van der Waals surface area contributed by atoms with E-state index in [1.165, 1.54) is 13.2 Å². The third kappa shape index (κ3) is 6.76. The summed E-state index contributed by atoms with van der Waals surface area (Å²) >= 11 is 0. The Labute approximate surface area is 234 Å². The lowest BCUT2D eigenvalue weighted by Gasteiger charge is -2.48. The third-order valence-electron chi connectivity index (χ3n) is 6.86. The molecule has 0 spiro atoms. The maximum atomic E-state index is 13.9. The number of hydrogen-bond acceptors (Lipinski definition) is 7. The first-order valence-corrected chi connectivity index (χ1v) is 12.6. The number of pyridine rings is 1. The third-order valence-corrected chi connectivity index (χ3v) is 6.86. The summed E-state index contributed by atoms with van der Waals surface area (Å²) in [5.41, 5.74) is 5.64. The molecule has 2 aliphatic heterocycles. The van der Waals surface area contributed by atoms with E-state index in [1.54, 1.807) is 29.8 Å². The first-order valence-electron chi connectivity index (χ1n) is 12.6. The molecule has 1 fully saturated rings. The molecule has 1 saturated heterocycles. The molecular formula is C28H36ClN5O5. The van der Waals surface area contributed by atoms with Crippen LogP contribution >= 0.6 is 12.4 Å². The molecule has 2 aromatic rings.